The van der Waals surface area contributed by atoms with Crippen LogP contribution in [0.5, 0.6) is 23.0 Å². The van der Waals surface area contributed by atoms with E-state index in [4.69, 9.17) is 14.2 Å². The van der Waals surface area contributed by atoms with Gasteiger partial charge in [0.25, 0.3) is 6.71 Å². The molecule has 3 heterocycles. The summed E-state index contributed by atoms with van der Waals surface area (Å²) in [5.41, 5.74) is 6.81. The molecule has 0 bridgehead atoms. The van der Waals surface area contributed by atoms with Crippen molar-refractivity contribution < 1.29 is 19.0 Å². The number of para-hydroxylation sites is 1. The molecule has 0 radical (unpaired) electrons. The maximum Gasteiger partial charge on any atom is 0.338 e. The molecule has 32 heavy (non-hydrogen) atoms. The number of esters is 1. The fourth-order valence-electron chi connectivity index (χ4n) is 5.16. The summed E-state index contributed by atoms with van der Waals surface area (Å²) in [4.78, 5) is 14.5. The lowest BCUT2D eigenvalue weighted by Crippen LogP contribution is -2.61. The van der Waals surface area contributed by atoms with E-state index in [9.17, 15) is 4.79 Å². The smallest absolute Gasteiger partial charge is 0.338 e. The number of hydrogen-bond donors (Lipinski definition) is 0. The Bertz CT molecular complexity index is 1370. The summed E-state index contributed by atoms with van der Waals surface area (Å²) >= 11 is 0. The van der Waals surface area contributed by atoms with Crippen LogP contribution in [0.2, 0.25) is 0 Å². The van der Waals surface area contributed by atoms with Crippen molar-refractivity contribution in [2.45, 2.75) is 0 Å². The zero-order chi connectivity index (χ0) is 21.4. The van der Waals surface area contributed by atoms with Gasteiger partial charge in [0.2, 0.25) is 0 Å². The number of hydrogen-bond acceptors (Lipinski definition) is 5. The van der Waals surface area contributed by atoms with Crippen molar-refractivity contribution in [1.82, 2.24) is 0 Å². The highest BCUT2D eigenvalue weighted by molar-refractivity contribution is 7.00. The van der Waals surface area contributed by atoms with E-state index in [0.717, 1.165) is 44.9 Å². The summed E-state index contributed by atoms with van der Waals surface area (Å²) in [5.74, 6) is 2.42. The third kappa shape index (κ3) is 2.16. The molecule has 0 spiro atoms. The molecule has 152 valence electrons. The Kier molecular flexibility index (Phi) is 3.37. The molecule has 0 aromatic heterocycles. The molecule has 6 heteroatoms. The molecule has 3 aliphatic rings. The average molecular weight is 417 g/mol. The third-order valence-corrected chi connectivity index (χ3v) is 6.41. The van der Waals surface area contributed by atoms with Crippen molar-refractivity contribution in [2.24, 2.45) is 0 Å². The lowest BCUT2D eigenvalue weighted by atomic mass is 9.33. The quantitative estimate of drug-likeness (QED) is 0.315. The summed E-state index contributed by atoms with van der Waals surface area (Å²) in [6, 6.07) is 26.1. The Morgan fingerprint density at radius 1 is 0.750 bits per heavy atom. The average Bonchev–Trinajstić information content (AvgIpc) is 2.84. The van der Waals surface area contributed by atoms with E-state index in [2.05, 4.69) is 29.2 Å². The second-order valence-corrected chi connectivity index (χ2v) is 8.06. The van der Waals surface area contributed by atoms with E-state index < -0.39 is 5.97 Å². The third-order valence-electron chi connectivity index (χ3n) is 6.41. The molecule has 4 aromatic carbocycles. The minimum atomic E-state index is -0.422. The predicted molar refractivity (Wildman–Crippen MR) is 124 cm³/mol. The Morgan fingerprint density at radius 2 is 1.34 bits per heavy atom. The van der Waals surface area contributed by atoms with Gasteiger partial charge in [0.15, 0.2) is 0 Å². The number of benzene rings is 4. The summed E-state index contributed by atoms with van der Waals surface area (Å²) in [6.07, 6.45) is 0. The SMILES string of the molecule is COC(=O)c1cc2c3c(c1)Oc1cccc4c1B3c1c(cccc1N4c1ccccc1)O2. The van der Waals surface area contributed by atoms with Crippen LogP contribution in [-0.2, 0) is 4.74 Å². The molecule has 0 amide bonds. The Morgan fingerprint density at radius 3 is 1.91 bits per heavy atom. The fraction of sp³-hybridized carbons (Fsp3) is 0.0385. The highest BCUT2D eigenvalue weighted by atomic mass is 16.5. The van der Waals surface area contributed by atoms with E-state index in [1.54, 1.807) is 12.1 Å². The minimum Gasteiger partial charge on any atom is -0.465 e. The molecule has 0 atom stereocenters. The molecule has 5 nitrogen and oxygen atoms in total. The van der Waals surface area contributed by atoms with Gasteiger partial charge in [-0.2, -0.15) is 0 Å². The summed E-state index contributed by atoms with van der Waals surface area (Å²) in [7, 11) is 1.37. The van der Waals surface area contributed by atoms with Crippen LogP contribution in [0.4, 0.5) is 17.1 Å². The van der Waals surface area contributed by atoms with E-state index >= 15 is 0 Å². The fourth-order valence-corrected chi connectivity index (χ4v) is 5.16. The van der Waals surface area contributed by atoms with Gasteiger partial charge in [0.05, 0.1) is 12.7 Å². The first-order chi connectivity index (χ1) is 15.7. The summed E-state index contributed by atoms with van der Waals surface area (Å²) < 4.78 is 17.7. The predicted octanol–water partition coefficient (Wildman–Crippen LogP) is 3.98. The largest absolute Gasteiger partial charge is 0.465 e. The molecular formula is C26H16BNO4. The van der Waals surface area contributed by atoms with Crippen LogP contribution in [-0.4, -0.2) is 19.8 Å². The van der Waals surface area contributed by atoms with Gasteiger partial charge in [-0.15, -0.1) is 0 Å². The first-order valence-corrected chi connectivity index (χ1v) is 10.5. The van der Waals surface area contributed by atoms with Crippen molar-refractivity contribution in [3.63, 3.8) is 0 Å². The number of nitrogens with zero attached hydrogens (tertiary/aromatic N) is 1. The first-order valence-electron chi connectivity index (χ1n) is 10.5. The van der Waals surface area contributed by atoms with Crippen LogP contribution >= 0.6 is 0 Å². The Balaban J connectivity index is 1.56. The molecule has 0 saturated carbocycles. The number of rotatable bonds is 2. The summed E-state index contributed by atoms with van der Waals surface area (Å²) in [6.45, 7) is -0.0356. The standard InChI is InChI=1S/C26H16BNO4/c1-30-26(29)15-13-21-25-22(14-15)32-20-12-6-10-18-24(20)27(25)23-17(9-5-11-19(23)31-21)28(18)16-7-3-2-4-8-16/h2-14H,1H3. The molecule has 0 N–H and O–H groups in total. The highest BCUT2D eigenvalue weighted by Crippen LogP contribution is 2.45. The number of anilines is 3. The van der Waals surface area contributed by atoms with Crippen LogP contribution in [0.3, 0.4) is 0 Å². The van der Waals surface area contributed by atoms with Gasteiger partial charge in [0.1, 0.15) is 23.0 Å². The van der Waals surface area contributed by atoms with Crippen molar-refractivity contribution >= 4 is 46.1 Å². The zero-order valence-electron chi connectivity index (χ0n) is 17.2. The second-order valence-electron chi connectivity index (χ2n) is 8.06. The first kappa shape index (κ1) is 17.5. The van der Waals surface area contributed by atoms with Crippen LogP contribution in [0.15, 0.2) is 78.9 Å². The topological polar surface area (TPSA) is 48.0 Å². The maximum absolute atomic E-state index is 12.3. The van der Waals surface area contributed by atoms with Crippen molar-refractivity contribution in [2.75, 3.05) is 12.0 Å². The van der Waals surface area contributed by atoms with E-state index in [0.29, 0.717) is 17.1 Å². The van der Waals surface area contributed by atoms with Crippen LogP contribution in [0.25, 0.3) is 0 Å². The van der Waals surface area contributed by atoms with Gasteiger partial charge in [0, 0.05) is 22.5 Å². The van der Waals surface area contributed by atoms with Crippen LogP contribution in [0, 0.1) is 0 Å². The Labute approximate surface area is 184 Å². The normalized spacial score (nSPS) is 13.7. The van der Waals surface area contributed by atoms with Gasteiger partial charge in [-0.3, -0.25) is 0 Å². The number of carbonyl (C=O) groups is 1. The van der Waals surface area contributed by atoms with Crippen molar-refractivity contribution in [1.29, 1.82) is 0 Å². The molecule has 0 unspecified atom stereocenters. The van der Waals surface area contributed by atoms with Gasteiger partial charge >= 0.3 is 5.97 Å². The molecule has 0 fully saturated rings. The highest BCUT2D eigenvalue weighted by Gasteiger charge is 2.47. The number of carbonyl (C=O) groups excluding carboxylic acids is 1. The van der Waals surface area contributed by atoms with Gasteiger partial charge in [-0.1, -0.05) is 30.3 Å². The second kappa shape index (κ2) is 6.17. The van der Waals surface area contributed by atoms with Crippen molar-refractivity contribution in [3.8, 4) is 23.0 Å². The maximum atomic E-state index is 12.3. The molecule has 3 aliphatic heterocycles. The molecule has 4 aromatic rings. The van der Waals surface area contributed by atoms with E-state index in [-0.39, 0.29) is 6.71 Å². The zero-order valence-corrected chi connectivity index (χ0v) is 17.2. The lowest BCUT2D eigenvalue weighted by molar-refractivity contribution is 0.0600. The number of ether oxygens (including phenoxy) is 3. The molecule has 0 aliphatic carbocycles. The Hall–Kier alpha value is -4.19. The monoisotopic (exact) mass is 417 g/mol. The lowest BCUT2D eigenvalue weighted by Gasteiger charge is -2.42. The molecule has 0 saturated heterocycles. The van der Waals surface area contributed by atoms with E-state index in [1.165, 1.54) is 7.11 Å². The molecule has 7 rings (SSSR count). The summed E-state index contributed by atoms with van der Waals surface area (Å²) in [5, 5.41) is 0. The van der Waals surface area contributed by atoms with Gasteiger partial charge in [-0.05, 0) is 59.5 Å². The van der Waals surface area contributed by atoms with E-state index in [1.807, 2.05) is 42.5 Å². The van der Waals surface area contributed by atoms with Gasteiger partial charge < -0.3 is 19.1 Å². The van der Waals surface area contributed by atoms with Crippen LogP contribution in [0.1, 0.15) is 10.4 Å². The van der Waals surface area contributed by atoms with Crippen LogP contribution < -0.4 is 30.8 Å². The minimum absolute atomic E-state index is 0.0356. The molecular weight excluding hydrogens is 401 g/mol. The van der Waals surface area contributed by atoms with Crippen molar-refractivity contribution in [3.05, 3.63) is 84.4 Å². The van der Waals surface area contributed by atoms with Gasteiger partial charge in [-0.25, -0.2) is 4.79 Å². The number of methoxy groups -OCH3 is 1.